The molecule has 0 atom stereocenters. The molecular formula is C15H15ClN2O. The van der Waals surface area contributed by atoms with Gasteiger partial charge in [0.1, 0.15) is 0 Å². The summed E-state index contributed by atoms with van der Waals surface area (Å²) >= 11 is 5.99. The second-order valence-electron chi connectivity index (χ2n) is 4.96. The first-order chi connectivity index (χ1) is 9.15. The molecule has 1 aliphatic rings. The normalized spacial score (nSPS) is 15.2. The van der Waals surface area contributed by atoms with Gasteiger partial charge < -0.3 is 4.90 Å². The van der Waals surface area contributed by atoms with E-state index in [0.29, 0.717) is 10.6 Å². The Balaban J connectivity index is 2.07. The average molecular weight is 275 g/mol. The van der Waals surface area contributed by atoms with Gasteiger partial charge in [0.15, 0.2) is 0 Å². The zero-order chi connectivity index (χ0) is 13.4. The van der Waals surface area contributed by atoms with Gasteiger partial charge in [-0.25, -0.2) is 0 Å². The number of hydrogen-bond acceptors (Lipinski definition) is 2. The predicted molar refractivity (Wildman–Crippen MR) is 76.6 cm³/mol. The van der Waals surface area contributed by atoms with E-state index in [9.17, 15) is 4.79 Å². The smallest absolute Gasteiger partial charge is 0.255 e. The molecule has 1 aliphatic heterocycles. The van der Waals surface area contributed by atoms with Crippen molar-refractivity contribution in [2.24, 2.45) is 0 Å². The highest BCUT2D eigenvalue weighted by atomic mass is 35.5. The fourth-order valence-corrected chi connectivity index (χ4v) is 2.73. The molecule has 98 valence electrons. The van der Waals surface area contributed by atoms with Crippen LogP contribution in [0.3, 0.4) is 0 Å². The number of aryl methyl sites for hydroxylation is 1. The molecule has 1 amide bonds. The summed E-state index contributed by atoms with van der Waals surface area (Å²) < 4.78 is 0. The lowest BCUT2D eigenvalue weighted by atomic mass is 10.1. The number of amides is 1. The maximum absolute atomic E-state index is 12.4. The molecule has 1 saturated heterocycles. The van der Waals surface area contributed by atoms with Crippen LogP contribution in [0, 0.1) is 6.92 Å². The van der Waals surface area contributed by atoms with Gasteiger partial charge in [-0.2, -0.15) is 0 Å². The van der Waals surface area contributed by atoms with Crippen molar-refractivity contribution in [1.82, 2.24) is 9.88 Å². The number of hydrogen-bond donors (Lipinski definition) is 0. The van der Waals surface area contributed by atoms with E-state index in [4.69, 9.17) is 11.6 Å². The zero-order valence-electron chi connectivity index (χ0n) is 10.8. The van der Waals surface area contributed by atoms with Crippen LogP contribution in [0.25, 0.3) is 10.9 Å². The molecule has 2 aromatic rings. The van der Waals surface area contributed by atoms with Gasteiger partial charge in [-0.1, -0.05) is 11.6 Å². The number of aromatic nitrogens is 1. The van der Waals surface area contributed by atoms with Crippen molar-refractivity contribution in [3.8, 4) is 0 Å². The van der Waals surface area contributed by atoms with E-state index in [1.165, 1.54) is 0 Å². The largest absolute Gasteiger partial charge is 0.339 e. The van der Waals surface area contributed by atoms with Gasteiger partial charge in [0.2, 0.25) is 0 Å². The maximum atomic E-state index is 12.4. The Bertz CT molecular complexity index is 648. The lowest BCUT2D eigenvalue weighted by molar-refractivity contribution is 0.0792. The number of carbonyl (C=O) groups excluding carboxylic acids is 1. The second kappa shape index (κ2) is 4.82. The molecule has 1 aromatic carbocycles. The van der Waals surface area contributed by atoms with Crippen LogP contribution in [0.5, 0.6) is 0 Å². The Morgan fingerprint density at radius 2 is 2.00 bits per heavy atom. The number of benzene rings is 1. The van der Waals surface area contributed by atoms with Gasteiger partial charge in [0.25, 0.3) is 5.91 Å². The van der Waals surface area contributed by atoms with Crippen molar-refractivity contribution >= 4 is 28.4 Å². The minimum atomic E-state index is 0.0874. The Kier molecular flexibility index (Phi) is 3.15. The van der Waals surface area contributed by atoms with Gasteiger partial charge in [-0.05, 0) is 44.0 Å². The van der Waals surface area contributed by atoms with Crippen LogP contribution >= 0.6 is 11.6 Å². The van der Waals surface area contributed by atoms with Crippen LogP contribution in [0.4, 0.5) is 0 Å². The standard InChI is InChI=1S/C15H15ClN2O/c1-10-13(15(19)18-6-2-3-7-18)9-11-8-12(16)4-5-14(11)17-10/h4-5,8-9H,2-3,6-7H2,1H3. The average Bonchev–Trinajstić information content (AvgIpc) is 2.91. The topological polar surface area (TPSA) is 33.2 Å². The first kappa shape index (κ1) is 12.4. The highest BCUT2D eigenvalue weighted by molar-refractivity contribution is 6.31. The minimum absolute atomic E-state index is 0.0874. The quantitative estimate of drug-likeness (QED) is 0.798. The third kappa shape index (κ3) is 2.30. The number of carbonyl (C=O) groups is 1. The summed E-state index contributed by atoms with van der Waals surface area (Å²) in [6.07, 6.45) is 2.19. The van der Waals surface area contributed by atoms with Crippen LogP contribution in [0.15, 0.2) is 24.3 Å². The summed E-state index contributed by atoms with van der Waals surface area (Å²) in [5, 5.41) is 1.58. The lowest BCUT2D eigenvalue weighted by Gasteiger charge is -2.16. The number of halogens is 1. The monoisotopic (exact) mass is 274 g/mol. The highest BCUT2D eigenvalue weighted by Crippen LogP contribution is 2.22. The maximum Gasteiger partial charge on any atom is 0.255 e. The highest BCUT2D eigenvalue weighted by Gasteiger charge is 2.21. The Morgan fingerprint density at radius 3 is 2.74 bits per heavy atom. The number of fused-ring (bicyclic) bond motifs is 1. The molecule has 1 aromatic heterocycles. The van der Waals surface area contributed by atoms with Crippen molar-refractivity contribution < 1.29 is 4.79 Å². The molecular weight excluding hydrogens is 260 g/mol. The van der Waals surface area contributed by atoms with Crippen molar-refractivity contribution in [2.45, 2.75) is 19.8 Å². The van der Waals surface area contributed by atoms with E-state index in [-0.39, 0.29) is 5.91 Å². The van der Waals surface area contributed by atoms with E-state index in [0.717, 1.165) is 42.5 Å². The third-order valence-electron chi connectivity index (χ3n) is 3.59. The SMILES string of the molecule is Cc1nc2ccc(Cl)cc2cc1C(=O)N1CCCC1. The van der Waals surface area contributed by atoms with Gasteiger partial charge in [-0.15, -0.1) is 0 Å². The van der Waals surface area contributed by atoms with Gasteiger partial charge in [-0.3, -0.25) is 9.78 Å². The van der Waals surface area contributed by atoms with Gasteiger partial charge in [0, 0.05) is 23.5 Å². The molecule has 0 aliphatic carbocycles. The molecule has 1 fully saturated rings. The van der Waals surface area contributed by atoms with E-state index in [2.05, 4.69) is 4.98 Å². The molecule has 3 nitrogen and oxygen atoms in total. The van der Waals surface area contributed by atoms with Gasteiger partial charge in [0.05, 0.1) is 16.8 Å². The number of rotatable bonds is 1. The van der Waals surface area contributed by atoms with Crippen molar-refractivity contribution in [1.29, 1.82) is 0 Å². The number of likely N-dealkylation sites (tertiary alicyclic amines) is 1. The van der Waals surface area contributed by atoms with Crippen LogP contribution in [-0.2, 0) is 0 Å². The minimum Gasteiger partial charge on any atom is -0.339 e. The molecule has 19 heavy (non-hydrogen) atoms. The third-order valence-corrected chi connectivity index (χ3v) is 3.83. The van der Waals surface area contributed by atoms with E-state index < -0.39 is 0 Å². The summed E-state index contributed by atoms with van der Waals surface area (Å²) in [6, 6.07) is 7.46. The van der Waals surface area contributed by atoms with Crippen molar-refractivity contribution in [3.63, 3.8) is 0 Å². The predicted octanol–water partition coefficient (Wildman–Crippen LogP) is 3.43. The molecule has 0 N–H and O–H groups in total. The zero-order valence-corrected chi connectivity index (χ0v) is 11.6. The van der Waals surface area contributed by atoms with E-state index in [1.54, 1.807) is 0 Å². The molecule has 2 heterocycles. The summed E-state index contributed by atoms with van der Waals surface area (Å²) in [5.74, 6) is 0.0874. The van der Waals surface area contributed by atoms with Crippen LogP contribution < -0.4 is 0 Å². The van der Waals surface area contributed by atoms with Crippen molar-refractivity contribution in [2.75, 3.05) is 13.1 Å². The van der Waals surface area contributed by atoms with E-state index >= 15 is 0 Å². The molecule has 4 heteroatoms. The molecule has 0 saturated carbocycles. The molecule has 0 unspecified atom stereocenters. The number of nitrogens with zero attached hydrogens (tertiary/aromatic N) is 2. The molecule has 0 radical (unpaired) electrons. The van der Waals surface area contributed by atoms with Crippen LogP contribution in [0.2, 0.25) is 5.02 Å². The molecule has 0 bridgehead atoms. The first-order valence-corrected chi connectivity index (χ1v) is 6.89. The Morgan fingerprint density at radius 1 is 1.26 bits per heavy atom. The molecule has 0 spiro atoms. The first-order valence-electron chi connectivity index (χ1n) is 6.51. The summed E-state index contributed by atoms with van der Waals surface area (Å²) in [7, 11) is 0. The number of pyridine rings is 1. The summed E-state index contributed by atoms with van der Waals surface area (Å²) in [4.78, 5) is 18.9. The Hall–Kier alpha value is -1.61. The van der Waals surface area contributed by atoms with Crippen LogP contribution in [-0.4, -0.2) is 28.9 Å². The lowest BCUT2D eigenvalue weighted by Crippen LogP contribution is -2.28. The molecule has 3 rings (SSSR count). The Labute approximate surface area is 117 Å². The van der Waals surface area contributed by atoms with E-state index in [1.807, 2.05) is 36.1 Å². The summed E-state index contributed by atoms with van der Waals surface area (Å²) in [5.41, 5.74) is 2.35. The van der Waals surface area contributed by atoms with Crippen molar-refractivity contribution in [3.05, 3.63) is 40.5 Å². The fourth-order valence-electron chi connectivity index (χ4n) is 2.55. The fraction of sp³-hybridized carbons (Fsp3) is 0.333. The van der Waals surface area contributed by atoms with Gasteiger partial charge >= 0.3 is 0 Å². The summed E-state index contributed by atoms with van der Waals surface area (Å²) in [6.45, 7) is 3.59. The second-order valence-corrected chi connectivity index (χ2v) is 5.39. The van der Waals surface area contributed by atoms with Crippen LogP contribution in [0.1, 0.15) is 28.9 Å².